The molecule has 8 heteroatoms. The number of carbonyl (C=O) groups excluding carboxylic acids is 3. The SMILES string of the molecule is COC(=O)CC1Nc2ccc(C(=O)N3CC[NH2+]CC3)cc2CN(C)C1=O. The Morgan fingerprint density at radius 3 is 2.73 bits per heavy atom. The van der Waals surface area contributed by atoms with Gasteiger partial charge in [-0.25, -0.2) is 0 Å². The molecule has 2 aliphatic heterocycles. The Kier molecular flexibility index (Phi) is 5.41. The van der Waals surface area contributed by atoms with Gasteiger partial charge in [-0.15, -0.1) is 0 Å². The minimum absolute atomic E-state index is 0.0187. The highest BCUT2D eigenvalue weighted by molar-refractivity contribution is 5.96. The molecule has 0 radical (unpaired) electrons. The molecule has 8 nitrogen and oxygen atoms in total. The lowest BCUT2D eigenvalue weighted by Crippen LogP contribution is -2.89. The fourth-order valence-electron chi connectivity index (χ4n) is 3.37. The van der Waals surface area contributed by atoms with Crippen molar-refractivity contribution in [2.24, 2.45) is 0 Å². The highest BCUT2D eigenvalue weighted by atomic mass is 16.5. The van der Waals surface area contributed by atoms with E-state index in [-0.39, 0.29) is 18.2 Å². The van der Waals surface area contributed by atoms with Gasteiger partial charge in [0.15, 0.2) is 0 Å². The number of methoxy groups -OCH3 is 1. The van der Waals surface area contributed by atoms with Gasteiger partial charge < -0.3 is 25.2 Å². The summed E-state index contributed by atoms with van der Waals surface area (Å²) in [5.74, 6) is -0.599. The highest BCUT2D eigenvalue weighted by Crippen LogP contribution is 2.25. The number of fused-ring (bicyclic) bond motifs is 1. The van der Waals surface area contributed by atoms with Gasteiger partial charge >= 0.3 is 5.97 Å². The van der Waals surface area contributed by atoms with Gasteiger partial charge in [-0.2, -0.15) is 0 Å². The standard InChI is InChI=1S/C18H24N4O4/c1-21-11-13-9-12(17(24)22-7-5-19-6-8-22)3-4-14(13)20-15(18(21)25)10-16(23)26-2/h3-4,9,15,19-20H,5-8,10-11H2,1-2H3/p+1. The molecule has 1 aromatic carbocycles. The normalized spacial score (nSPS) is 20.1. The maximum atomic E-state index is 12.7. The van der Waals surface area contributed by atoms with Gasteiger partial charge in [0.1, 0.15) is 6.04 Å². The number of quaternary nitrogens is 1. The molecule has 0 aliphatic carbocycles. The molecule has 26 heavy (non-hydrogen) atoms. The summed E-state index contributed by atoms with van der Waals surface area (Å²) in [6, 6.07) is 4.76. The van der Waals surface area contributed by atoms with Crippen molar-refractivity contribution in [1.82, 2.24) is 9.80 Å². The Bertz CT molecular complexity index is 715. The lowest BCUT2D eigenvalue weighted by atomic mass is 10.1. The van der Waals surface area contributed by atoms with Gasteiger partial charge in [0.2, 0.25) is 5.91 Å². The van der Waals surface area contributed by atoms with E-state index in [4.69, 9.17) is 0 Å². The fraction of sp³-hybridized carbons (Fsp3) is 0.500. The van der Waals surface area contributed by atoms with E-state index in [1.165, 1.54) is 7.11 Å². The largest absolute Gasteiger partial charge is 0.469 e. The van der Waals surface area contributed by atoms with Crippen LogP contribution in [0.1, 0.15) is 22.3 Å². The van der Waals surface area contributed by atoms with E-state index in [2.05, 4.69) is 15.4 Å². The van der Waals surface area contributed by atoms with E-state index >= 15 is 0 Å². The number of esters is 1. The third-order valence-corrected chi connectivity index (χ3v) is 4.86. The van der Waals surface area contributed by atoms with Crippen molar-refractivity contribution in [3.05, 3.63) is 29.3 Å². The van der Waals surface area contributed by atoms with Crippen molar-refractivity contribution in [3.8, 4) is 0 Å². The number of nitrogens with zero attached hydrogens (tertiary/aromatic N) is 2. The number of likely N-dealkylation sites (N-methyl/N-ethyl adjacent to an activating group) is 1. The molecule has 1 saturated heterocycles. The van der Waals surface area contributed by atoms with E-state index < -0.39 is 12.0 Å². The number of hydrogen-bond donors (Lipinski definition) is 2. The maximum Gasteiger partial charge on any atom is 0.308 e. The number of piperazine rings is 1. The van der Waals surface area contributed by atoms with Crippen LogP contribution in [-0.2, 0) is 20.9 Å². The first-order valence-corrected chi connectivity index (χ1v) is 8.82. The third kappa shape index (κ3) is 3.80. The van der Waals surface area contributed by atoms with Crippen molar-refractivity contribution in [3.63, 3.8) is 0 Å². The van der Waals surface area contributed by atoms with E-state index in [0.29, 0.717) is 12.1 Å². The maximum absolute atomic E-state index is 12.7. The van der Waals surface area contributed by atoms with Crippen LogP contribution in [0.15, 0.2) is 18.2 Å². The molecule has 1 aromatic rings. The monoisotopic (exact) mass is 361 g/mol. The zero-order valence-corrected chi connectivity index (χ0v) is 15.2. The molecule has 3 N–H and O–H groups in total. The van der Waals surface area contributed by atoms with Crippen LogP contribution in [0.2, 0.25) is 0 Å². The second kappa shape index (κ2) is 7.74. The van der Waals surface area contributed by atoms with Gasteiger partial charge in [0.05, 0.1) is 39.7 Å². The smallest absolute Gasteiger partial charge is 0.308 e. The zero-order valence-electron chi connectivity index (χ0n) is 15.2. The molecule has 0 aromatic heterocycles. The first-order chi connectivity index (χ1) is 12.5. The fourth-order valence-corrected chi connectivity index (χ4v) is 3.37. The Morgan fingerprint density at radius 1 is 1.31 bits per heavy atom. The Balaban J connectivity index is 1.83. The first-order valence-electron chi connectivity index (χ1n) is 8.82. The van der Waals surface area contributed by atoms with E-state index in [9.17, 15) is 14.4 Å². The molecule has 0 bridgehead atoms. The number of benzene rings is 1. The summed E-state index contributed by atoms with van der Waals surface area (Å²) in [4.78, 5) is 40.2. The van der Waals surface area contributed by atoms with Crippen molar-refractivity contribution in [2.75, 3.05) is 45.7 Å². The second-order valence-corrected chi connectivity index (χ2v) is 6.70. The van der Waals surface area contributed by atoms with Gasteiger partial charge in [0, 0.05) is 24.8 Å². The Labute approximate surface area is 152 Å². The Hall–Kier alpha value is -2.61. The minimum atomic E-state index is -0.673. The molecular weight excluding hydrogens is 336 g/mol. The van der Waals surface area contributed by atoms with Gasteiger partial charge in [0.25, 0.3) is 5.91 Å². The summed E-state index contributed by atoms with van der Waals surface area (Å²) in [7, 11) is 3.00. The number of ether oxygens (including phenoxy) is 1. The molecule has 1 fully saturated rings. The second-order valence-electron chi connectivity index (χ2n) is 6.70. The van der Waals surface area contributed by atoms with E-state index in [0.717, 1.165) is 37.4 Å². The number of anilines is 1. The van der Waals surface area contributed by atoms with Crippen LogP contribution in [0, 0.1) is 0 Å². The van der Waals surface area contributed by atoms with Crippen LogP contribution >= 0.6 is 0 Å². The molecule has 2 aliphatic rings. The summed E-state index contributed by atoms with van der Waals surface area (Å²) < 4.78 is 4.68. The van der Waals surface area contributed by atoms with Crippen LogP contribution in [0.25, 0.3) is 0 Å². The molecule has 1 atom stereocenters. The van der Waals surface area contributed by atoms with Crippen LogP contribution in [-0.4, -0.2) is 74.0 Å². The summed E-state index contributed by atoms with van der Waals surface area (Å²) in [6.07, 6.45) is -0.0376. The molecular formula is C18H25N4O4+. The number of carbonyl (C=O) groups is 3. The van der Waals surface area contributed by atoms with Crippen LogP contribution in [0.3, 0.4) is 0 Å². The van der Waals surface area contributed by atoms with E-state index in [1.807, 2.05) is 17.0 Å². The van der Waals surface area contributed by atoms with Gasteiger partial charge in [-0.1, -0.05) is 0 Å². The van der Waals surface area contributed by atoms with Crippen molar-refractivity contribution >= 4 is 23.5 Å². The number of hydrogen-bond acceptors (Lipinski definition) is 5. The highest BCUT2D eigenvalue weighted by Gasteiger charge is 2.30. The van der Waals surface area contributed by atoms with E-state index in [1.54, 1.807) is 18.0 Å². The van der Waals surface area contributed by atoms with Gasteiger partial charge in [-0.3, -0.25) is 14.4 Å². The summed E-state index contributed by atoms with van der Waals surface area (Å²) in [5, 5.41) is 5.33. The molecule has 2 amide bonds. The first kappa shape index (κ1) is 18.2. The van der Waals surface area contributed by atoms with Crippen LogP contribution < -0.4 is 10.6 Å². The average molecular weight is 361 g/mol. The average Bonchev–Trinajstić information content (AvgIpc) is 2.78. The molecule has 0 spiro atoms. The molecule has 1 unspecified atom stereocenters. The van der Waals surface area contributed by atoms with Gasteiger partial charge in [-0.05, 0) is 23.8 Å². The lowest BCUT2D eigenvalue weighted by Gasteiger charge is -2.25. The number of rotatable bonds is 3. The molecule has 140 valence electrons. The quantitative estimate of drug-likeness (QED) is 0.675. The predicted octanol–water partition coefficient (Wildman–Crippen LogP) is -0.979. The van der Waals surface area contributed by atoms with Crippen LogP contribution in [0.5, 0.6) is 0 Å². The molecule has 2 heterocycles. The molecule has 3 rings (SSSR count). The van der Waals surface area contributed by atoms with Crippen molar-refractivity contribution in [1.29, 1.82) is 0 Å². The van der Waals surface area contributed by atoms with Crippen LogP contribution in [0.4, 0.5) is 5.69 Å². The summed E-state index contributed by atoms with van der Waals surface area (Å²) in [5.41, 5.74) is 2.25. The molecule has 0 saturated carbocycles. The minimum Gasteiger partial charge on any atom is -0.469 e. The predicted molar refractivity (Wildman–Crippen MR) is 94.5 cm³/mol. The third-order valence-electron chi connectivity index (χ3n) is 4.86. The summed E-state index contributed by atoms with van der Waals surface area (Å²) in [6.45, 7) is 3.71. The Morgan fingerprint density at radius 2 is 2.04 bits per heavy atom. The summed E-state index contributed by atoms with van der Waals surface area (Å²) >= 11 is 0. The van der Waals surface area contributed by atoms with Crippen molar-refractivity contribution < 1.29 is 24.4 Å². The number of nitrogens with two attached hydrogens (primary N) is 1. The number of nitrogens with one attached hydrogen (secondary N) is 1. The lowest BCUT2D eigenvalue weighted by molar-refractivity contribution is -0.661. The zero-order chi connectivity index (χ0) is 18.7. The topological polar surface area (TPSA) is 95.6 Å². The number of amides is 2. The van der Waals surface area contributed by atoms with Crippen molar-refractivity contribution in [2.45, 2.75) is 19.0 Å².